The first-order valence-corrected chi connectivity index (χ1v) is 12.9. The second-order valence-electron chi connectivity index (χ2n) is 9.81. The van der Waals surface area contributed by atoms with Crippen molar-refractivity contribution in [3.8, 4) is 22.9 Å². The van der Waals surface area contributed by atoms with Crippen LogP contribution in [-0.4, -0.2) is 27.7 Å². The van der Waals surface area contributed by atoms with Crippen LogP contribution in [-0.2, 0) is 41.3 Å². The van der Waals surface area contributed by atoms with Crippen LogP contribution in [0.3, 0.4) is 0 Å². The van der Waals surface area contributed by atoms with Gasteiger partial charge in [0.2, 0.25) is 0 Å². The fourth-order valence-electron chi connectivity index (χ4n) is 5.60. The lowest BCUT2D eigenvalue weighted by atomic mass is 9.86. The summed E-state index contributed by atoms with van der Waals surface area (Å²) in [6.07, 6.45) is 0.781. The van der Waals surface area contributed by atoms with Gasteiger partial charge >= 0.3 is 5.97 Å². The maximum Gasteiger partial charge on any atom is 0.343 e. The minimum atomic E-state index is -1.87. The number of rotatable bonds is 6. The van der Waals surface area contributed by atoms with E-state index in [0.717, 1.165) is 22.0 Å². The molecule has 39 heavy (non-hydrogen) atoms. The van der Waals surface area contributed by atoms with Gasteiger partial charge in [-0.1, -0.05) is 19.9 Å². The van der Waals surface area contributed by atoms with E-state index in [9.17, 15) is 19.1 Å². The molecule has 0 bridgehead atoms. The van der Waals surface area contributed by atoms with E-state index < -0.39 is 17.4 Å². The molecule has 4 aromatic rings. The molecule has 0 saturated carbocycles. The number of fused-ring (bicyclic) bond motifs is 5. The van der Waals surface area contributed by atoms with Crippen LogP contribution in [0.15, 0.2) is 47.3 Å². The van der Waals surface area contributed by atoms with Gasteiger partial charge in [-0.25, -0.2) is 14.2 Å². The number of esters is 1. The predicted octanol–water partition coefficient (Wildman–Crippen LogP) is 4.37. The molecule has 0 aliphatic carbocycles. The number of halogens is 1. The molecule has 9 heteroatoms. The van der Waals surface area contributed by atoms with E-state index in [4.69, 9.17) is 19.2 Å². The van der Waals surface area contributed by atoms with E-state index in [2.05, 4.69) is 0 Å². The standard InChI is InChI=1S/C30H27FN2O6/c1-4-18-19-11-17(38-14-16-6-9-26(37-3)23(31)10-16)7-8-24(19)32-27-20(18)13-33-25(27)12-22-21(28(33)34)15-39-29(35)30(22,36)5-2/h6-12,36H,4-5,13-15H2,1-3H3. The predicted molar refractivity (Wildman–Crippen MR) is 141 cm³/mol. The van der Waals surface area contributed by atoms with Crippen LogP contribution in [0.4, 0.5) is 4.39 Å². The summed E-state index contributed by atoms with van der Waals surface area (Å²) in [5, 5.41) is 12.0. The number of cyclic esters (lactones) is 1. The number of pyridine rings is 2. The highest BCUT2D eigenvalue weighted by atomic mass is 19.1. The van der Waals surface area contributed by atoms with Crippen molar-refractivity contribution >= 4 is 16.9 Å². The molecule has 6 rings (SSSR count). The van der Waals surface area contributed by atoms with Gasteiger partial charge in [0.15, 0.2) is 17.2 Å². The van der Waals surface area contributed by atoms with E-state index in [-0.39, 0.29) is 30.9 Å². The quantitative estimate of drug-likeness (QED) is 0.326. The Morgan fingerprint density at radius 3 is 2.67 bits per heavy atom. The van der Waals surface area contributed by atoms with Crippen molar-refractivity contribution in [3.63, 3.8) is 0 Å². The number of nitrogens with zero attached hydrogens (tertiary/aromatic N) is 2. The minimum absolute atomic E-state index is 0.0892. The molecule has 2 aromatic heterocycles. The Balaban J connectivity index is 1.40. The van der Waals surface area contributed by atoms with Crippen LogP contribution in [0, 0.1) is 5.82 Å². The number of aromatic nitrogens is 2. The molecule has 8 nitrogen and oxygen atoms in total. The summed E-state index contributed by atoms with van der Waals surface area (Å²) in [5.74, 6) is -0.404. The molecular formula is C30H27FN2O6. The van der Waals surface area contributed by atoms with Crippen molar-refractivity contribution in [2.75, 3.05) is 7.11 Å². The molecule has 1 unspecified atom stereocenters. The molecule has 1 N–H and O–H groups in total. The Labute approximate surface area is 223 Å². The first-order valence-electron chi connectivity index (χ1n) is 12.9. The van der Waals surface area contributed by atoms with Crippen molar-refractivity contribution < 1.29 is 28.5 Å². The first-order chi connectivity index (χ1) is 18.8. The van der Waals surface area contributed by atoms with Crippen LogP contribution >= 0.6 is 0 Å². The molecule has 0 radical (unpaired) electrons. The number of aryl methyl sites for hydroxylation is 1. The average molecular weight is 531 g/mol. The van der Waals surface area contributed by atoms with E-state index in [1.54, 1.807) is 29.7 Å². The van der Waals surface area contributed by atoms with Gasteiger partial charge in [0.05, 0.1) is 36.1 Å². The molecule has 0 saturated heterocycles. The van der Waals surface area contributed by atoms with Gasteiger partial charge in [-0.05, 0) is 60.4 Å². The number of hydrogen-bond donors (Lipinski definition) is 1. The number of carbonyl (C=O) groups excluding carboxylic acids is 1. The lowest BCUT2D eigenvalue weighted by Crippen LogP contribution is -2.44. The molecule has 200 valence electrons. The zero-order valence-electron chi connectivity index (χ0n) is 21.8. The summed E-state index contributed by atoms with van der Waals surface area (Å²) in [6, 6.07) is 12.0. The summed E-state index contributed by atoms with van der Waals surface area (Å²) in [7, 11) is 1.42. The largest absolute Gasteiger partial charge is 0.494 e. The molecule has 2 aliphatic rings. The van der Waals surface area contributed by atoms with Crippen LogP contribution in [0.5, 0.6) is 11.5 Å². The molecule has 2 aliphatic heterocycles. The van der Waals surface area contributed by atoms with Gasteiger partial charge in [0, 0.05) is 16.5 Å². The number of carbonyl (C=O) groups is 1. The monoisotopic (exact) mass is 530 g/mol. The Morgan fingerprint density at radius 2 is 1.95 bits per heavy atom. The minimum Gasteiger partial charge on any atom is -0.494 e. The highest BCUT2D eigenvalue weighted by molar-refractivity contribution is 5.90. The number of methoxy groups -OCH3 is 1. The third-order valence-electron chi connectivity index (χ3n) is 7.75. The fraction of sp³-hybridized carbons (Fsp3) is 0.300. The summed E-state index contributed by atoms with van der Waals surface area (Å²) in [5.41, 5.74) is 3.04. The van der Waals surface area contributed by atoms with E-state index in [0.29, 0.717) is 46.8 Å². The van der Waals surface area contributed by atoms with Gasteiger partial charge in [0.25, 0.3) is 5.56 Å². The topological polar surface area (TPSA) is 99.9 Å². The number of ether oxygens (including phenoxy) is 3. The van der Waals surface area contributed by atoms with Gasteiger partial charge in [0.1, 0.15) is 19.0 Å². The van der Waals surface area contributed by atoms with Gasteiger partial charge in [-0.2, -0.15) is 0 Å². The van der Waals surface area contributed by atoms with Crippen molar-refractivity contribution in [2.45, 2.75) is 52.0 Å². The normalized spacial score (nSPS) is 17.4. The average Bonchev–Trinajstić information content (AvgIpc) is 3.31. The second-order valence-corrected chi connectivity index (χ2v) is 9.81. The molecule has 2 aromatic carbocycles. The summed E-state index contributed by atoms with van der Waals surface area (Å²) >= 11 is 0. The third kappa shape index (κ3) is 3.79. The van der Waals surface area contributed by atoms with Crippen LogP contribution < -0.4 is 15.0 Å². The Kier molecular flexibility index (Phi) is 5.91. The zero-order chi connectivity index (χ0) is 27.5. The van der Waals surface area contributed by atoms with Crippen LogP contribution in [0.1, 0.15) is 48.1 Å². The summed E-state index contributed by atoms with van der Waals surface area (Å²) in [4.78, 5) is 30.8. The number of benzene rings is 2. The van der Waals surface area contributed by atoms with E-state index >= 15 is 0 Å². The maximum atomic E-state index is 14.1. The highest BCUT2D eigenvalue weighted by Crippen LogP contribution is 2.40. The molecule has 0 fully saturated rings. The zero-order valence-corrected chi connectivity index (χ0v) is 21.8. The number of aliphatic hydroxyl groups is 1. The fourth-order valence-corrected chi connectivity index (χ4v) is 5.60. The third-order valence-corrected chi connectivity index (χ3v) is 7.75. The van der Waals surface area contributed by atoms with Gasteiger partial charge in [-0.3, -0.25) is 4.79 Å². The van der Waals surface area contributed by atoms with Gasteiger partial charge in [-0.15, -0.1) is 0 Å². The Morgan fingerprint density at radius 1 is 1.13 bits per heavy atom. The summed E-state index contributed by atoms with van der Waals surface area (Å²) in [6.45, 7) is 4.07. The lowest BCUT2D eigenvalue weighted by molar-refractivity contribution is -0.172. The smallest absolute Gasteiger partial charge is 0.343 e. The SMILES string of the molecule is CCc1c2c(nc3ccc(OCc4ccc(OC)c(F)c4)cc13)-c1cc3c(c(=O)n1C2)COC(=O)C3(O)CC. The molecule has 0 spiro atoms. The van der Waals surface area contributed by atoms with Gasteiger partial charge < -0.3 is 23.9 Å². The lowest BCUT2D eigenvalue weighted by Gasteiger charge is -2.31. The van der Waals surface area contributed by atoms with Crippen LogP contribution in [0.2, 0.25) is 0 Å². The molecular weight excluding hydrogens is 503 g/mol. The second kappa shape index (κ2) is 9.20. The molecule has 0 amide bonds. The Bertz CT molecular complexity index is 1730. The van der Waals surface area contributed by atoms with Crippen molar-refractivity contribution in [1.82, 2.24) is 9.55 Å². The van der Waals surface area contributed by atoms with E-state index in [1.165, 1.54) is 13.2 Å². The molecule has 1 atom stereocenters. The maximum absolute atomic E-state index is 14.1. The van der Waals surface area contributed by atoms with Crippen LogP contribution in [0.25, 0.3) is 22.3 Å². The highest BCUT2D eigenvalue weighted by Gasteiger charge is 2.45. The summed E-state index contributed by atoms with van der Waals surface area (Å²) < 4.78 is 31.8. The van der Waals surface area contributed by atoms with Crippen molar-refractivity contribution in [1.29, 1.82) is 0 Å². The number of hydrogen-bond acceptors (Lipinski definition) is 7. The molecule has 4 heterocycles. The van der Waals surface area contributed by atoms with Crippen molar-refractivity contribution in [3.05, 3.63) is 86.5 Å². The first kappa shape index (κ1) is 25.1. The van der Waals surface area contributed by atoms with E-state index in [1.807, 2.05) is 25.1 Å². The van der Waals surface area contributed by atoms with Crippen molar-refractivity contribution in [2.24, 2.45) is 0 Å². The Hall–Kier alpha value is -4.24.